The van der Waals surface area contributed by atoms with Gasteiger partial charge in [-0.25, -0.2) is 5.43 Å². The first-order valence-corrected chi connectivity index (χ1v) is 7.39. The minimum atomic E-state index is -0.269. The molecule has 1 aliphatic rings. The van der Waals surface area contributed by atoms with Crippen LogP contribution in [0.3, 0.4) is 0 Å². The number of hydrogen-bond donors (Lipinski definition) is 2. The van der Waals surface area contributed by atoms with Gasteiger partial charge in [0.15, 0.2) is 0 Å². The maximum atomic E-state index is 6.18. The molecule has 0 saturated heterocycles. The Morgan fingerprint density at radius 3 is 2.50 bits per heavy atom. The normalized spacial score (nSPS) is 22.6. The van der Waals surface area contributed by atoms with Gasteiger partial charge in [-0.3, -0.25) is 10.5 Å². The molecule has 1 aliphatic carbocycles. The number of aromatic nitrogens is 3. The van der Waals surface area contributed by atoms with Crippen LogP contribution in [0.15, 0.2) is 6.20 Å². The lowest BCUT2D eigenvalue weighted by Crippen LogP contribution is -2.52. The van der Waals surface area contributed by atoms with E-state index in [4.69, 9.17) is 10.6 Å². The van der Waals surface area contributed by atoms with Gasteiger partial charge in [-0.05, 0) is 38.0 Å². The highest BCUT2D eigenvalue weighted by molar-refractivity contribution is 5.11. The van der Waals surface area contributed by atoms with Crippen molar-refractivity contribution in [1.82, 2.24) is 20.4 Å². The van der Waals surface area contributed by atoms with Crippen molar-refractivity contribution in [3.63, 3.8) is 0 Å². The van der Waals surface area contributed by atoms with Crippen molar-refractivity contribution in [2.24, 2.45) is 18.3 Å². The van der Waals surface area contributed by atoms with Crippen LogP contribution in [-0.2, 0) is 11.8 Å². The summed E-state index contributed by atoms with van der Waals surface area (Å²) in [5.41, 5.74) is 4.03. The first-order chi connectivity index (χ1) is 9.44. The molecule has 1 atom stereocenters. The largest absolute Gasteiger partial charge is 0.373 e. The summed E-state index contributed by atoms with van der Waals surface area (Å²) in [6, 6.07) is -0.0847. The lowest BCUT2D eigenvalue weighted by atomic mass is 9.68. The fourth-order valence-corrected chi connectivity index (χ4v) is 3.22. The first-order valence-electron chi connectivity index (χ1n) is 7.39. The molecule has 2 rings (SSSR count). The quantitative estimate of drug-likeness (QED) is 0.634. The lowest BCUT2D eigenvalue weighted by molar-refractivity contribution is -0.109. The summed E-state index contributed by atoms with van der Waals surface area (Å²) in [5, 5.41) is 7.98. The van der Waals surface area contributed by atoms with Crippen LogP contribution >= 0.6 is 0 Å². The van der Waals surface area contributed by atoms with Gasteiger partial charge in [-0.15, -0.1) is 5.10 Å². The van der Waals surface area contributed by atoms with E-state index in [0.717, 1.165) is 31.4 Å². The zero-order valence-electron chi connectivity index (χ0n) is 13.0. The Balaban J connectivity index is 2.29. The van der Waals surface area contributed by atoms with Gasteiger partial charge in [0.25, 0.3) is 0 Å². The van der Waals surface area contributed by atoms with Crippen molar-refractivity contribution < 1.29 is 4.74 Å². The molecule has 0 bridgehead atoms. The van der Waals surface area contributed by atoms with Crippen molar-refractivity contribution in [2.75, 3.05) is 6.61 Å². The Kier molecular flexibility index (Phi) is 4.46. The number of hydrazine groups is 1. The minimum absolute atomic E-state index is 0.0847. The molecule has 6 nitrogen and oxygen atoms in total. The maximum absolute atomic E-state index is 6.18. The van der Waals surface area contributed by atoms with E-state index in [-0.39, 0.29) is 11.6 Å². The van der Waals surface area contributed by atoms with Gasteiger partial charge < -0.3 is 4.74 Å². The van der Waals surface area contributed by atoms with Crippen LogP contribution in [0.5, 0.6) is 0 Å². The van der Waals surface area contributed by atoms with Crippen molar-refractivity contribution in [1.29, 1.82) is 0 Å². The van der Waals surface area contributed by atoms with Crippen LogP contribution in [-0.4, -0.2) is 27.2 Å². The third-order valence-corrected chi connectivity index (χ3v) is 4.62. The predicted molar refractivity (Wildman–Crippen MR) is 77.7 cm³/mol. The molecule has 0 aliphatic heterocycles. The van der Waals surface area contributed by atoms with E-state index in [2.05, 4.69) is 29.6 Å². The number of ether oxygens (including phenoxy) is 1. The zero-order valence-corrected chi connectivity index (χ0v) is 13.0. The van der Waals surface area contributed by atoms with Crippen molar-refractivity contribution in [3.05, 3.63) is 11.9 Å². The van der Waals surface area contributed by atoms with Gasteiger partial charge in [-0.2, -0.15) is 0 Å². The zero-order chi connectivity index (χ0) is 14.8. The standard InChI is InChI=1S/C14H27N5O/c1-5-20-14(8-6-13(2,3)7-9-14)12(17-15)11-10-16-18-19(11)4/h10,12,17H,5-9,15H2,1-4H3. The molecular formula is C14H27N5O. The Bertz CT molecular complexity index is 433. The summed E-state index contributed by atoms with van der Waals surface area (Å²) < 4.78 is 7.95. The summed E-state index contributed by atoms with van der Waals surface area (Å²) in [7, 11) is 1.89. The van der Waals surface area contributed by atoms with Gasteiger partial charge in [0.05, 0.1) is 23.5 Å². The second-order valence-corrected chi connectivity index (χ2v) is 6.54. The maximum Gasteiger partial charge on any atom is 0.0934 e. The van der Waals surface area contributed by atoms with Gasteiger partial charge >= 0.3 is 0 Å². The molecule has 1 heterocycles. The highest BCUT2D eigenvalue weighted by Crippen LogP contribution is 2.47. The van der Waals surface area contributed by atoms with E-state index in [9.17, 15) is 0 Å². The summed E-state index contributed by atoms with van der Waals surface area (Å²) in [6.07, 6.45) is 6.03. The fourth-order valence-electron chi connectivity index (χ4n) is 3.22. The van der Waals surface area contributed by atoms with Crippen LogP contribution in [0, 0.1) is 5.41 Å². The molecule has 1 saturated carbocycles. The van der Waals surface area contributed by atoms with Crippen LogP contribution in [0.25, 0.3) is 0 Å². The molecule has 3 N–H and O–H groups in total. The van der Waals surface area contributed by atoms with E-state index in [1.54, 1.807) is 10.9 Å². The van der Waals surface area contributed by atoms with E-state index in [1.165, 1.54) is 0 Å². The average Bonchev–Trinajstić information content (AvgIpc) is 2.81. The average molecular weight is 281 g/mol. The molecule has 1 aromatic heterocycles. The van der Waals surface area contributed by atoms with E-state index in [1.807, 2.05) is 14.0 Å². The van der Waals surface area contributed by atoms with Crippen LogP contribution < -0.4 is 11.3 Å². The number of aryl methyl sites for hydroxylation is 1. The van der Waals surface area contributed by atoms with E-state index < -0.39 is 0 Å². The van der Waals surface area contributed by atoms with Crippen molar-refractivity contribution in [3.8, 4) is 0 Å². The summed E-state index contributed by atoms with van der Waals surface area (Å²) in [5.74, 6) is 5.85. The third kappa shape index (κ3) is 2.87. The second-order valence-electron chi connectivity index (χ2n) is 6.54. The Labute approximate surface area is 121 Å². The highest BCUT2D eigenvalue weighted by atomic mass is 16.5. The lowest BCUT2D eigenvalue weighted by Gasteiger charge is -2.47. The monoisotopic (exact) mass is 281 g/mol. The second kappa shape index (κ2) is 5.79. The Morgan fingerprint density at radius 1 is 1.40 bits per heavy atom. The molecule has 0 aromatic carbocycles. The SMILES string of the molecule is CCOC1(C(NN)c2cnnn2C)CCC(C)(C)CC1. The number of rotatable bonds is 5. The fraction of sp³-hybridized carbons (Fsp3) is 0.857. The van der Waals surface area contributed by atoms with Gasteiger partial charge in [0.1, 0.15) is 0 Å². The summed E-state index contributed by atoms with van der Waals surface area (Å²) in [6.45, 7) is 7.36. The highest BCUT2D eigenvalue weighted by Gasteiger charge is 2.46. The molecular weight excluding hydrogens is 254 g/mol. The van der Waals surface area contributed by atoms with Gasteiger partial charge in [0.2, 0.25) is 0 Å². The number of nitrogens with two attached hydrogens (primary N) is 1. The molecule has 114 valence electrons. The van der Waals surface area contributed by atoms with E-state index in [0.29, 0.717) is 12.0 Å². The van der Waals surface area contributed by atoms with Crippen molar-refractivity contribution >= 4 is 0 Å². The summed E-state index contributed by atoms with van der Waals surface area (Å²) >= 11 is 0. The molecule has 0 amide bonds. The number of nitrogens with one attached hydrogen (secondary N) is 1. The number of hydrogen-bond acceptors (Lipinski definition) is 5. The van der Waals surface area contributed by atoms with Gasteiger partial charge in [0, 0.05) is 13.7 Å². The molecule has 6 heteroatoms. The molecule has 0 radical (unpaired) electrons. The van der Waals surface area contributed by atoms with Gasteiger partial charge in [-0.1, -0.05) is 19.1 Å². The molecule has 1 aromatic rings. The molecule has 1 unspecified atom stereocenters. The molecule has 20 heavy (non-hydrogen) atoms. The number of nitrogens with zero attached hydrogens (tertiary/aromatic N) is 3. The predicted octanol–water partition coefficient (Wildman–Crippen LogP) is 1.69. The first kappa shape index (κ1) is 15.4. The summed E-state index contributed by atoms with van der Waals surface area (Å²) in [4.78, 5) is 0. The van der Waals surface area contributed by atoms with Crippen LogP contribution in [0.4, 0.5) is 0 Å². The minimum Gasteiger partial charge on any atom is -0.373 e. The van der Waals surface area contributed by atoms with E-state index >= 15 is 0 Å². The third-order valence-electron chi connectivity index (χ3n) is 4.62. The smallest absolute Gasteiger partial charge is 0.0934 e. The van der Waals surface area contributed by atoms with Crippen molar-refractivity contribution in [2.45, 2.75) is 58.1 Å². The van der Waals surface area contributed by atoms with Crippen LogP contribution in [0.2, 0.25) is 0 Å². The topological polar surface area (TPSA) is 78.0 Å². The Hall–Kier alpha value is -0.980. The molecule has 1 fully saturated rings. The Morgan fingerprint density at radius 2 is 2.05 bits per heavy atom. The van der Waals surface area contributed by atoms with Crippen LogP contribution in [0.1, 0.15) is 58.2 Å². The molecule has 0 spiro atoms.